The van der Waals surface area contributed by atoms with E-state index in [1.54, 1.807) is 19.1 Å². The van der Waals surface area contributed by atoms with Crippen molar-refractivity contribution in [3.05, 3.63) is 23.7 Å². The van der Waals surface area contributed by atoms with Crippen molar-refractivity contribution in [3.8, 4) is 0 Å². The molecule has 1 fully saturated rings. The maximum Gasteiger partial charge on any atom is 0.287 e. The predicted octanol–water partition coefficient (Wildman–Crippen LogP) is 1.15. The largest absolute Gasteiger partial charge is 0.456 e. The average Bonchev–Trinajstić information content (AvgIpc) is 3.17. The number of amides is 2. The summed E-state index contributed by atoms with van der Waals surface area (Å²) in [4.78, 5) is 30.2. The lowest BCUT2D eigenvalue weighted by Gasteiger charge is -2.38. The SMILES string of the molecule is Cc1ccc(C(=O)NC2CCOCC23CC(C(=O)NC(C)C)=NO3)o1. The smallest absolute Gasteiger partial charge is 0.287 e. The molecular weight excluding hydrogens is 326 g/mol. The third kappa shape index (κ3) is 3.68. The van der Waals surface area contributed by atoms with Crippen molar-refractivity contribution in [1.82, 2.24) is 10.6 Å². The molecule has 1 spiro atoms. The number of carbonyl (C=O) groups excluding carboxylic acids is 2. The number of nitrogens with one attached hydrogen (secondary N) is 2. The standard InChI is InChI=1S/C17H23N3O5/c1-10(2)18-15(21)12-8-17(25-20-12)9-23-7-6-14(17)19-16(22)13-5-4-11(3)24-13/h4-5,10,14H,6-9H2,1-3H3,(H,18,21)(H,19,22). The highest BCUT2D eigenvalue weighted by Gasteiger charge is 2.50. The molecule has 136 valence electrons. The van der Waals surface area contributed by atoms with E-state index in [9.17, 15) is 9.59 Å². The van der Waals surface area contributed by atoms with Gasteiger partial charge in [0.25, 0.3) is 11.8 Å². The molecule has 0 aliphatic carbocycles. The van der Waals surface area contributed by atoms with Crippen molar-refractivity contribution < 1.29 is 23.6 Å². The first-order chi connectivity index (χ1) is 11.9. The summed E-state index contributed by atoms with van der Waals surface area (Å²) in [6, 6.07) is 3.04. The number of hydrogen-bond acceptors (Lipinski definition) is 6. The van der Waals surface area contributed by atoms with E-state index >= 15 is 0 Å². The van der Waals surface area contributed by atoms with Crippen LogP contribution in [0.5, 0.6) is 0 Å². The molecule has 1 aromatic heterocycles. The van der Waals surface area contributed by atoms with Gasteiger partial charge < -0.3 is 24.6 Å². The highest BCUT2D eigenvalue weighted by Crippen LogP contribution is 2.33. The Morgan fingerprint density at radius 2 is 2.12 bits per heavy atom. The van der Waals surface area contributed by atoms with Crippen LogP contribution in [0.1, 0.15) is 43.0 Å². The molecule has 2 unspecified atom stereocenters. The molecule has 0 saturated carbocycles. The normalized spacial score (nSPS) is 25.6. The van der Waals surface area contributed by atoms with Gasteiger partial charge in [0.1, 0.15) is 11.5 Å². The number of ether oxygens (including phenoxy) is 1. The van der Waals surface area contributed by atoms with Crippen molar-refractivity contribution >= 4 is 17.5 Å². The Balaban J connectivity index is 1.69. The Morgan fingerprint density at radius 1 is 1.32 bits per heavy atom. The average molecular weight is 349 g/mol. The van der Waals surface area contributed by atoms with Gasteiger partial charge in [0.05, 0.1) is 12.6 Å². The fourth-order valence-electron chi connectivity index (χ4n) is 3.02. The molecule has 0 aromatic carbocycles. The van der Waals surface area contributed by atoms with Gasteiger partial charge in [0, 0.05) is 19.1 Å². The molecule has 2 atom stereocenters. The van der Waals surface area contributed by atoms with Gasteiger partial charge >= 0.3 is 0 Å². The molecule has 3 heterocycles. The minimum atomic E-state index is -0.862. The molecule has 25 heavy (non-hydrogen) atoms. The Kier molecular flexibility index (Phi) is 4.80. The Labute approximate surface area is 145 Å². The molecule has 1 saturated heterocycles. The van der Waals surface area contributed by atoms with E-state index in [1.807, 2.05) is 13.8 Å². The second kappa shape index (κ2) is 6.87. The van der Waals surface area contributed by atoms with Crippen LogP contribution in [0.25, 0.3) is 0 Å². The Morgan fingerprint density at radius 3 is 2.80 bits per heavy atom. The van der Waals surface area contributed by atoms with E-state index in [0.29, 0.717) is 24.5 Å². The lowest BCUT2D eigenvalue weighted by molar-refractivity contribution is -0.128. The fourth-order valence-corrected chi connectivity index (χ4v) is 3.02. The van der Waals surface area contributed by atoms with Crippen LogP contribution in [0.15, 0.2) is 21.7 Å². The molecule has 2 aliphatic rings. The summed E-state index contributed by atoms with van der Waals surface area (Å²) in [6.07, 6.45) is 0.855. The van der Waals surface area contributed by atoms with E-state index in [-0.39, 0.29) is 42.7 Å². The highest BCUT2D eigenvalue weighted by molar-refractivity contribution is 6.39. The second-order valence-electron chi connectivity index (χ2n) is 6.78. The fraction of sp³-hybridized carbons (Fsp3) is 0.588. The molecule has 2 amide bonds. The van der Waals surface area contributed by atoms with E-state index in [2.05, 4.69) is 15.8 Å². The maximum atomic E-state index is 12.4. The molecule has 0 bridgehead atoms. The zero-order chi connectivity index (χ0) is 18.0. The van der Waals surface area contributed by atoms with E-state index < -0.39 is 5.60 Å². The minimum Gasteiger partial charge on any atom is -0.456 e. The van der Waals surface area contributed by atoms with Crippen LogP contribution in [0, 0.1) is 6.92 Å². The number of aryl methyl sites for hydroxylation is 1. The van der Waals surface area contributed by atoms with Gasteiger partial charge in [-0.2, -0.15) is 0 Å². The van der Waals surface area contributed by atoms with Gasteiger partial charge in [-0.05, 0) is 39.3 Å². The molecule has 0 radical (unpaired) electrons. The van der Waals surface area contributed by atoms with Crippen molar-refractivity contribution in [2.45, 2.75) is 51.3 Å². The quantitative estimate of drug-likeness (QED) is 0.849. The highest BCUT2D eigenvalue weighted by atomic mass is 16.7. The zero-order valence-electron chi connectivity index (χ0n) is 14.6. The van der Waals surface area contributed by atoms with Crippen LogP contribution in [0.4, 0.5) is 0 Å². The topological polar surface area (TPSA) is 102 Å². The monoisotopic (exact) mass is 349 g/mol. The van der Waals surface area contributed by atoms with Gasteiger partial charge in [-0.3, -0.25) is 9.59 Å². The Bertz CT molecular complexity index is 696. The minimum absolute atomic E-state index is 0.00653. The summed E-state index contributed by atoms with van der Waals surface area (Å²) >= 11 is 0. The van der Waals surface area contributed by atoms with Gasteiger partial charge in [-0.1, -0.05) is 5.16 Å². The molecule has 2 aliphatic heterocycles. The van der Waals surface area contributed by atoms with Crippen molar-refractivity contribution in [1.29, 1.82) is 0 Å². The number of nitrogens with zero attached hydrogens (tertiary/aromatic N) is 1. The molecule has 8 heteroatoms. The first-order valence-corrected chi connectivity index (χ1v) is 8.40. The van der Waals surface area contributed by atoms with Crippen LogP contribution >= 0.6 is 0 Å². The summed E-state index contributed by atoms with van der Waals surface area (Å²) in [6.45, 7) is 6.29. The van der Waals surface area contributed by atoms with E-state index in [1.165, 1.54) is 0 Å². The van der Waals surface area contributed by atoms with Crippen molar-refractivity contribution in [3.63, 3.8) is 0 Å². The molecule has 1 aromatic rings. The first-order valence-electron chi connectivity index (χ1n) is 8.40. The first kappa shape index (κ1) is 17.5. The van der Waals surface area contributed by atoms with E-state index in [0.717, 1.165) is 0 Å². The third-order valence-electron chi connectivity index (χ3n) is 4.29. The molecule has 8 nitrogen and oxygen atoms in total. The lowest BCUT2D eigenvalue weighted by atomic mass is 9.86. The Hall–Kier alpha value is -2.35. The maximum absolute atomic E-state index is 12.4. The van der Waals surface area contributed by atoms with Gasteiger partial charge in [-0.15, -0.1) is 0 Å². The van der Waals surface area contributed by atoms with Gasteiger partial charge in [-0.25, -0.2) is 0 Å². The second-order valence-corrected chi connectivity index (χ2v) is 6.78. The zero-order valence-corrected chi connectivity index (χ0v) is 14.6. The van der Waals surface area contributed by atoms with Crippen LogP contribution in [0.2, 0.25) is 0 Å². The van der Waals surface area contributed by atoms with Crippen LogP contribution in [0.3, 0.4) is 0 Å². The third-order valence-corrected chi connectivity index (χ3v) is 4.29. The van der Waals surface area contributed by atoms with Crippen LogP contribution < -0.4 is 10.6 Å². The summed E-state index contributed by atoms with van der Waals surface area (Å²) in [5, 5.41) is 9.69. The molecule has 3 rings (SSSR count). The molecular formula is C17H23N3O5. The lowest BCUT2D eigenvalue weighted by Crippen LogP contribution is -2.58. The number of carbonyl (C=O) groups is 2. The van der Waals surface area contributed by atoms with Crippen LogP contribution in [-0.2, 0) is 14.4 Å². The number of furan rings is 1. The van der Waals surface area contributed by atoms with E-state index in [4.69, 9.17) is 14.0 Å². The van der Waals surface area contributed by atoms with Crippen molar-refractivity contribution in [2.75, 3.05) is 13.2 Å². The predicted molar refractivity (Wildman–Crippen MR) is 89.3 cm³/mol. The number of oxime groups is 1. The molecule has 2 N–H and O–H groups in total. The summed E-state index contributed by atoms with van der Waals surface area (Å²) < 4.78 is 10.9. The van der Waals surface area contributed by atoms with Gasteiger partial charge in [0.2, 0.25) is 0 Å². The van der Waals surface area contributed by atoms with Crippen molar-refractivity contribution in [2.24, 2.45) is 5.16 Å². The summed E-state index contributed by atoms with van der Waals surface area (Å²) in [5.41, 5.74) is -0.550. The summed E-state index contributed by atoms with van der Waals surface area (Å²) in [7, 11) is 0. The number of hydrogen-bond donors (Lipinski definition) is 2. The van der Waals surface area contributed by atoms with Crippen LogP contribution in [-0.4, -0.2) is 48.4 Å². The number of rotatable bonds is 4. The van der Waals surface area contributed by atoms with Gasteiger partial charge in [0.15, 0.2) is 11.4 Å². The summed E-state index contributed by atoms with van der Waals surface area (Å²) in [5.74, 6) is 0.336.